The van der Waals surface area contributed by atoms with Crippen molar-refractivity contribution in [3.05, 3.63) is 69.9 Å². The molecule has 92 valence electrons. The fourth-order valence-electron chi connectivity index (χ4n) is 1.55. The van der Waals surface area contributed by atoms with Crippen LogP contribution in [-0.4, -0.2) is 5.91 Å². The summed E-state index contributed by atoms with van der Waals surface area (Å²) < 4.78 is 13.8. The molecule has 0 fully saturated rings. The van der Waals surface area contributed by atoms with Crippen molar-refractivity contribution in [2.75, 3.05) is 0 Å². The van der Waals surface area contributed by atoms with Gasteiger partial charge in [0.05, 0.1) is 0 Å². The van der Waals surface area contributed by atoms with Crippen LogP contribution in [0.2, 0.25) is 0 Å². The molecule has 4 heteroatoms. The lowest BCUT2D eigenvalue weighted by Crippen LogP contribution is -2.22. The smallest absolute Gasteiger partial charge is 0.251 e. The van der Waals surface area contributed by atoms with E-state index >= 15 is 0 Å². The summed E-state index contributed by atoms with van der Waals surface area (Å²) >= 11 is 3.32. The average molecular weight is 308 g/mol. The quantitative estimate of drug-likeness (QED) is 0.923. The average Bonchev–Trinajstić information content (AvgIpc) is 2.40. The van der Waals surface area contributed by atoms with Gasteiger partial charge in [0.15, 0.2) is 0 Å². The monoisotopic (exact) mass is 307 g/mol. The van der Waals surface area contributed by atoms with Crippen LogP contribution in [0.15, 0.2) is 53.0 Å². The molecule has 0 spiro atoms. The van der Waals surface area contributed by atoms with Crippen LogP contribution >= 0.6 is 15.9 Å². The van der Waals surface area contributed by atoms with Crippen molar-refractivity contribution in [2.45, 2.75) is 6.54 Å². The fourth-order valence-corrected chi connectivity index (χ4v) is 1.93. The fraction of sp³-hybridized carbons (Fsp3) is 0.0714. The van der Waals surface area contributed by atoms with Gasteiger partial charge in [0.2, 0.25) is 0 Å². The number of rotatable bonds is 3. The summed E-state index contributed by atoms with van der Waals surface area (Å²) in [7, 11) is 0. The second kappa shape index (κ2) is 5.78. The molecule has 1 N–H and O–H groups in total. The molecule has 0 aromatic heterocycles. The molecule has 2 nitrogen and oxygen atoms in total. The van der Waals surface area contributed by atoms with E-state index in [-0.39, 0.29) is 18.3 Å². The molecule has 2 aromatic carbocycles. The summed E-state index contributed by atoms with van der Waals surface area (Å²) in [5.41, 5.74) is 1.30. The lowest BCUT2D eigenvalue weighted by atomic mass is 10.2. The zero-order chi connectivity index (χ0) is 13.0. The lowest BCUT2D eigenvalue weighted by Gasteiger charge is -2.07. The molecule has 0 aliphatic rings. The van der Waals surface area contributed by atoms with Gasteiger partial charge in [0.25, 0.3) is 5.91 Å². The number of hydrogen-bond acceptors (Lipinski definition) is 1. The molecule has 18 heavy (non-hydrogen) atoms. The summed E-state index contributed by atoms with van der Waals surface area (Å²) in [4.78, 5) is 11.8. The van der Waals surface area contributed by atoms with Crippen LogP contribution in [0.1, 0.15) is 15.9 Å². The molecule has 0 heterocycles. The first-order valence-electron chi connectivity index (χ1n) is 5.44. The molecular weight excluding hydrogens is 297 g/mol. The van der Waals surface area contributed by atoms with E-state index in [0.717, 1.165) is 4.47 Å². The first-order chi connectivity index (χ1) is 8.66. The highest BCUT2D eigenvalue weighted by Crippen LogP contribution is 2.17. The van der Waals surface area contributed by atoms with Crippen LogP contribution in [0, 0.1) is 5.82 Å². The normalized spacial score (nSPS) is 10.1. The van der Waals surface area contributed by atoms with Gasteiger partial charge in [0, 0.05) is 16.6 Å². The van der Waals surface area contributed by atoms with Crippen molar-refractivity contribution in [3.8, 4) is 0 Å². The van der Waals surface area contributed by atoms with Crippen LogP contribution in [0.3, 0.4) is 0 Å². The summed E-state index contributed by atoms with van der Waals surface area (Å²) in [5, 5.41) is 2.75. The highest BCUT2D eigenvalue weighted by molar-refractivity contribution is 9.10. The Kier molecular flexibility index (Phi) is 4.10. The second-order valence-corrected chi connectivity index (χ2v) is 4.64. The van der Waals surface area contributed by atoms with E-state index in [9.17, 15) is 9.18 Å². The van der Waals surface area contributed by atoms with Gasteiger partial charge >= 0.3 is 0 Å². The van der Waals surface area contributed by atoms with Crippen LogP contribution in [0.5, 0.6) is 0 Å². The largest absolute Gasteiger partial charge is 0.348 e. The number of nitrogens with one attached hydrogen (secondary N) is 1. The number of carbonyl (C=O) groups is 1. The molecule has 0 unspecified atom stereocenters. The Morgan fingerprint density at radius 3 is 2.61 bits per heavy atom. The molecule has 2 aromatic rings. The minimum Gasteiger partial charge on any atom is -0.348 e. The molecule has 0 saturated carbocycles. The van der Waals surface area contributed by atoms with E-state index in [2.05, 4.69) is 21.2 Å². The van der Waals surface area contributed by atoms with Gasteiger partial charge < -0.3 is 5.32 Å². The predicted octanol–water partition coefficient (Wildman–Crippen LogP) is 3.52. The SMILES string of the molecule is O=C(NCc1cc(F)ccc1Br)c1ccccc1. The number of carbonyl (C=O) groups excluding carboxylic acids is 1. The Balaban J connectivity index is 2.04. The molecule has 0 aliphatic carbocycles. The Morgan fingerprint density at radius 1 is 1.17 bits per heavy atom. The number of halogens is 2. The lowest BCUT2D eigenvalue weighted by molar-refractivity contribution is 0.0951. The highest BCUT2D eigenvalue weighted by Gasteiger charge is 2.06. The highest BCUT2D eigenvalue weighted by atomic mass is 79.9. The number of amides is 1. The van der Waals surface area contributed by atoms with Gasteiger partial charge in [-0.15, -0.1) is 0 Å². The van der Waals surface area contributed by atoms with Gasteiger partial charge in [-0.1, -0.05) is 34.1 Å². The van der Waals surface area contributed by atoms with Gasteiger partial charge in [-0.05, 0) is 35.9 Å². The third kappa shape index (κ3) is 3.17. The standard InChI is InChI=1S/C14H11BrFNO/c15-13-7-6-12(16)8-11(13)9-17-14(18)10-4-2-1-3-5-10/h1-8H,9H2,(H,17,18). The van der Waals surface area contributed by atoms with Crippen molar-refractivity contribution in [2.24, 2.45) is 0 Å². The summed E-state index contributed by atoms with van der Waals surface area (Å²) in [6.45, 7) is 0.284. The van der Waals surface area contributed by atoms with Crippen molar-refractivity contribution in [1.29, 1.82) is 0 Å². The third-order valence-corrected chi connectivity index (χ3v) is 3.26. The maximum Gasteiger partial charge on any atom is 0.251 e. The van der Waals surface area contributed by atoms with Crippen molar-refractivity contribution < 1.29 is 9.18 Å². The first kappa shape index (κ1) is 12.8. The zero-order valence-electron chi connectivity index (χ0n) is 9.49. The molecule has 1 amide bonds. The van der Waals surface area contributed by atoms with Crippen molar-refractivity contribution >= 4 is 21.8 Å². The van der Waals surface area contributed by atoms with Crippen LogP contribution in [0.4, 0.5) is 4.39 Å². The summed E-state index contributed by atoms with van der Waals surface area (Å²) in [6, 6.07) is 13.3. The van der Waals surface area contributed by atoms with Crippen LogP contribution < -0.4 is 5.32 Å². The minimum atomic E-state index is -0.317. The van der Waals surface area contributed by atoms with E-state index in [1.165, 1.54) is 12.1 Å². The topological polar surface area (TPSA) is 29.1 Å². The number of benzene rings is 2. The van der Waals surface area contributed by atoms with Gasteiger partial charge in [-0.25, -0.2) is 4.39 Å². The summed E-state index contributed by atoms with van der Waals surface area (Å²) in [5.74, 6) is -0.492. The van der Waals surface area contributed by atoms with Gasteiger partial charge in [-0.2, -0.15) is 0 Å². The van der Waals surface area contributed by atoms with E-state index in [0.29, 0.717) is 11.1 Å². The molecule has 0 saturated heterocycles. The Morgan fingerprint density at radius 2 is 1.89 bits per heavy atom. The Hall–Kier alpha value is -1.68. The predicted molar refractivity (Wildman–Crippen MR) is 71.7 cm³/mol. The maximum absolute atomic E-state index is 13.1. The van der Waals surface area contributed by atoms with E-state index in [1.54, 1.807) is 30.3 Å². The molecular formula is C14H11BrFNO. The molecule has 0 atom stereocenters. The number of hydrogen-bond donors (Lipinski definition) is 1. The van der Waals surface area contributed by atoms with Crippen LogP contribution in [0.25, 0.3) is 0 Å². The summed E-state index contributed by atoms with van der Waals surface area (Å²) in [6.07, 6.45) is 0. The minimum absolute atomic E-state index is 0.174. The van der Waals surface area contributed by atoms with Crippen molar-refractivity contribution in [1.82, 2.24) is 5.32 Å². The van der Waals surface area contributed by atoms with E-state index in [4.69, 9.17) is 0 Å². The van der Waals surface area contributed by atoms with Gasteiger partial charge in [-0.3, -0.25) is 4.79 Å². The molecule has 0 bridgehead atoms. The molecule has 0 radical (unpaired) electrons. The van der Waals surface area contributed by atoms with E-state index in [1.807, 2.05) is 6.07 Å². The Bertz CT molecular complexity index is 557. The van der Waals surface area contributed by atoms with Crippen molar-refractivity contribution in [3.63, 3.8) is 0 Å². The first-order valence-corrected chi connectivity index (χ1v) is 6.23. The van der Waals surface area contributed by atoms with Gasteiger partial charge in [0.1, 0.15) is 5.82 Å². The molecule has 2 rings (SSSR count). The zero-order valence-corrected chi connectivity index (χ0v) is 11.1. The Labute approximate surface area is 113 Å². The maximum atomic E-state index is 13.1. The third-order valence-electron chi connectivity index (χ3n) is 2.48. The van der Waals surface area contributed by atoms with Crippen LogP contribution in [-0.2, 0) is 6.54 Å². The van der Waals surface area contributed by atoms with E-state index < -0.39 is 0 Å². The molecule has 0 aliphatic heterocycles. The second-order valence-electron chi connectivity index (χ2n) is 3.78.